The van der Waals surface area contributed by atoms with Crippen LogP contribution in [0.1, 0.15) is 37.1 Å². The third kappa shape index (κ3) is 4.47. The maximum atomic E-state index is 12.6. The zero-order valence-corrected chi connectivity index (χ0v) is 17.7. The Morgan fingerprint density at radius 1 is 1.33 bits per heavy atom. The third-order valence-corrected chi connectivity index (χ3v) is 6.67. The van der Waals surface area contributed by atoms with Crippen LogP contribution in [0.5, 0.6) is 0 Å². The molecule has 1 amide bonds. The zero-order valence-electron chi connectivity index (χ0n) is 16.0. The van der Waals surface area contributed by atoms with Crippen molar-refractivity contribution in [3.8, 4) is 0 Å². The maximum Gasteiger partial charge on any atom is 0.267 e. The fraction of sp³-hybridized carbons (Fsp3) is 0.562. The summed E-state index contributed by atoms with van der Waals surface area (Å²) in [6.45, 7) is 7.34. The number of nitrogens with zero attached hydrogens (tertiary/aromatic N) is 4. The highest BCUT2D eigenvalue weighted by molar-refractivity contribution is 7.89. The van der Waals surface area contributed by atoms with Crippen molar-refractivity contribution in [2.24, 2.45) is 7.05 Å². The van der Waals surface area contributed by atoms with Crippen molar-refractivity contribution in [2.75, 3.05) is 19.6 Å². The van der Waals surface area contributed by atoms with Gasteiger partial charge in [-0.25, -0.2) is 8.42 Å². The number of hydrogen-bond donors (Lipinski definition) is 2. The molecule has 0 saturated heterocycles. The van der Waals surface area contributed by atoms with Gasteiger partial charge in [-0.2, -0.15) is 9.40 Å². The summed E-state index contributed by atoms with van der Waals surface area (Å²) in [5.74, 6) is 0.426. The molecule has 0 spiro atoms. The van der Waals surface area contributed by atoms with Gasteiger partial charge in [0, 0.05) is 45.8 Å². The lowest BCUT2D eigenvalue weighted by Crippen LogP contribution is -2.30. The van der Waals surface area contributed by atoms with Crippen molar-refractivity contribution in [1.82, 2.24) is 29.0 Å². The van der Waals surface area contributed by atoms with Crippen LogP contribution in [0.15, 0.2) is 17.2 Å². The summed E-state index contributed by atoms with van der Waals surface area (Å²) in [6, 6.07) is 1.41. The number of carbonyl (C=O) groups is 1. The Labute approximate surface area is 164 Å². The first-order valence-corrected chi connectivity index (χ1v) is 10.7. The second kappa shape index (κ2) is 8.81. The van der Waals surface area contributed by atoms with E-state index in [4.69, 9.17) is 12.2 Å². The summed E-state index contributed by atoms with van der Waals surface area (Å²) in [4.78, 5) is 12.6. The SMILES string of the molecule is CCN(CC)S(=O)(=O)c1cc(C(=O)NCCc2n[nH]c(=S)n2CC)n(C)c1. The summed E-state index contributed by atoms with van der Waals surface area (Å²) in [5.41, 5.74) is 0.287. The fourth-order valence-corrected chi connectivity index (χ4v) is 4.67. The van der Waals surface area contributed by atoms with Crippen LogP contribution in [0.3, 0.4) is 0 Å². The number of carbonyl (C=O) groups excluding carboxylic acids is 1. The van der Waals surface area contributed by atoms with Crippen LogP contribution in [0.2, 0.25) is 0 Å². The van der Waals surface area contributed by atoms with E-state index >= 15 is 0 Å². The van der Waals surface area contributed by atoms with Gasteiger partial charge in [0.25, 0.3) is 5.91 Å². The van der Waals surface area contributed by atoms with E-state index < -0.39 is 10.0 Å². The van der Waals surface area contributed by atoms with Crippen molar-refractivity contribution < 1.29 is 13.2 Å². The summed E-state index contributed by atoms with van der Waals surface area (Å²) in [6.07, 6.45) is 1.98. The zero-order chi connectivity index (χ0) is 20.2. The molecule has 2 heterocycles. The Kier molecular flexibility index (Phi) is 6.95. The van der Waals surface area contributed by atoms with Crippen molar-refractivity contribution in [1.29, 1.82) is 0 Å². The molecule has 0 aromatic carbocycles. The van der Waals surface area contributed by atoms with E-state index in [0.717, 1.165) is 5.82 Å². The quantitative estimate of drug-likeness (QED) is 0.602. The standard InChI is InChI=1S/C16H26N6O3S2/c1-5-21(6-2)27(24,25)12-10-13(20(4)11-12)15(23)17-9-8-14-18-19-16(26)22(14)7-3/h10-11H,5-9H2,1-4H3,(H,17,23)(H,19,26). The van der Waals surface area contributed by atoms with Gasteiger partial charge in [0.2, 0.25) is 10.0 Å². The smallest absolute Gasteiger partial charge is 0.267 e. The molecule has 0 fully saturated rings. The molecule has 150 valence electrons. The lowest BCUT2D eigenvalue weighted by Gasteiger charge is -2.17. The Balaban J connectivity index is 2.09. The van der Waals surface area contributed by atoms with E-state index in [0.29, 0.717) is 37.4 Å². The summed E-state index contributed by atoms with van der Waals surface area (Å²) in [7, 11) is -1.95. The lowest BCUT2D eigenvalue weighted by atomic mass is 10.3. The molecular formula is C16H26N6O3S2. The van der Waals surface area contributed by atoms with Crippen LogP contribution in [-0.4, -0.2) is 57.6 Å². The van der Waals surface area contributed by atoms with E-state index in [1.807, 2.05) is 11.5 Å². The number of rotatable bonds is 9. The molecule has 0 atom stereocenters. The molecule has 2 aromatic rings. The van der Waals surface area contributed by atoms with Crippen LogP contribution in [0, 0.1) is 4.77 Å². The largest absolute Gasteiger partial charge is 0.350 e. The van der Waals surface area contributed by atoms with Gasteiger partial charge in [0.05, 0.1) is 0 Å². The minimum absolute atomic E-state index is 0.116. The molecule has 9 nitrogen and oxygen atoms in total. The molecule has 11 heteroatoms. The first-order chi connectivity index (χ1) is 12.8. The van der Waals surface area contributed by atoms with E-state index in [-0.39, 0.29) is 16.5 Å². The predicted octanol–water partition coefficient (Wildman–Crippen LogP) is 1.30. The normalized spacial score (nSPS) is 11.9. The Hall–Kier alpha value is -1.98. The number of hydrogen-bond acceptors (Lipinski definition) is 5. The second-order valence-corrected chi connectivity index (χ2v) is 8.28. The highest BCUT2D eigenvalue weighted by Crippen LogP contribution is 2.18. The van der Waals surface area contributed by atoms with E-state index in [2.05, 4.69) is 15.5 Å². The monoisotopic (exact) mass is 414 g/mol. The first kappa shape index (κ1) is 21.3. The van der Waals surface area contributed by atoms with Crippen LogP contribution in [0.4, 0.5) is 0 Å². The topological polar surface area (TPSA) is 105 Å². The van der Waals surface area contributed by atoms with Crippen LogP contribution in [-0.2, 0) is 30.0 Å². The average Bonchev–Trinajstić information content (AvgIpc) is 3.18. The van der Waals surface area contributed by atoms with Gasteiger partial charge in [-0.05, 0) is 25.2 Å². The molecular weight excluding hydrogens is 388 g/mol. The number of sulfonamides is 1. The molecule has 27 heavy (non-hydrogen) atoms. The molecule has 0 radical (unpaired) electrons. The molecule has 0 aliphatic carbocycles. The van der Waals surface area contributed by atoms with Crippen LogP contribution >= 0.6 is 12.2 Å². The summed E-state index contributed by atoms with van der Waals surface area (Å²) in [5, 5.41) is 9.69. The van der Waals surface area contributed by atoms with Crippen molar-refractivity contribution in [2.45, 2.75) is 38.6 Å². The van der Waals surface area contributed by atoms with Crippen LogP contribution < -0.4 is 5.32 Å². The molecule has 0 aliphatic heterocycles. The second-order valence-electron chi connectivity index (χ2n) is 5.96. The van der Waals surface area contributed by atoms with Gasteiger partial charge >= 0.3 is 0 Å². The van der Waals surface area contributed by atoms with Crippen molar-refractivity contribution in [3.05, 3.63) is 28.6 Å². The molecule has 0 bridgehead atoms. The van der Waals surface area contributed by atoms with Gasteiger partial charge in [0.1, 0.15) is 16.4 Å². The molecule has 2 rings (SSSR count). The number of H-pyrrole nitrogens is 1. The summed E-state index contributed by atoms with van der Waals surface area (Å²) >= 11 is 5.14. The average molecular weight is 415 g/mol. The van der Waals surface area contributed by atoms with Gasteiger partial charge in [-0.1, -0.05) is 13.8 Å². The van der Waals surface area contributed by atoms with E-state index in [1.165, 1.54) is 21.1 Å². The summed E-state index contributed by atoms with van der Waals surface area (Å²) < 4.78 is 30.5. The third-order valence-electron chi connectivity index (χ3n) is 4.34. The Bertz CT molecular complexity index is 953. The lowest BCUT2D eigenvalue weighted by molar-refractivity contribution is 0.0945. The Morgan fingerprint density at radius 2 is 2.00 bits per heavy atom. The predicted molar refractivity (Wildman–Crippen MR) is 105 cm³/mol. The van der Waals surface area contributed by atoms with Crippen LogP contribution in [0.25, 0.3) is 0 Å². The maximum absolute atomic E-state index is 12.6. The number of aryl methyl sites for hydroxylation is 1. The Morgan fingerprint density at radius 3 is 2.59 bits per heavy atom. The van der Waals surface area contributed by atoms with Gasteiger partial charge in [-0.3, -0.25) is 9.89 Å². The molecule has 0 unspecified atom stereocenters. The number of nitrogens with one attached hydrogen (secondary N) is 2. The molecule has 0 aliphatic rings. The first-order valence-electron chi connectivity index (χ1n) is 8.84. The number of aromatic amines is 1. The highest BCUT2D eigenvalue weighted by Gasteiger charge is 2.25. The van der Waals surface area contributed by atoms with Gasteiger partial charge in [-0.15, -0.1) is 0 Å². The minimum atomic E-state index is -3.60. The molecule has 2 aromatic heterocycles. The molecule has 0 saturated carbocycles. The van der Waals surface area contributed by atoms with Crippen molar-refractivity contribution in [3.63, 3.8) is 0 Å². The van der Waals surface area contributed by atoms with Gasteiger partial charge < -0.3 is 14.5 Å². The molecule has 2 N–H and O–H groups in total. The number of amides is 1. The number of aromatic nitrogens is 4. The van der Waals surface area contributed by atoms with Crippen molar-refractivity contribution >= 4 is 28.1 Å². The highest BCUT2D eigenvalue weighted by atomic mass is 32.2. The minimum Gasteiger partial charge on any atom is -0.350 e. The van der Waals surface area contributed by atoms with E-state index in [9.17, 15) is 13.2 Å². The van der Waals surface area contributed by atoms with Gasteiger partial charge in [0.15, 0.2) is 4.77 Å². The van der Waals surface area contributed by atoms with E-state index in [1.54, 1.807) is 20.9 Å². The fourth-order valence-electron chi connectivity index (χ4n) is 2.86.